The minimum Gasteiger partial charge on any atom is -0.351 e. The maximum Gasteiger partial charge on any atom is 0.324 e. The van der Waals surface area contributed by atoms with E-state index >= 15 is 0 Å². The zero-order valence-corrected chi connectivity index (χ0v) is 12.0. The average molecular weight is 333 g/mol. The van der Waals surface area contributed by atoms with Gasteiger partial charge in [-0.15, -0.1) is 0 Å². The number of rotatable bonds is 4. The van der Waals surface area contributed by atoms with E-state index in [1.807, 2.05) is 0 Å². The quantitative estimate of drug-likeness (QED) is 0.523. The number of hydrogen-bond acceptors (Lipinski definition) is 4. The molecular formula is C11H13BrN2O3S. The topological polar surface area (TPSA) is 72.2 Å². The first-order valence-electron chi connectivity index (χ1n) is 5.74. The molecule has 0 aliphatic heterocycles. The molecule has 1 saturated carbocycles. The summed E-state index contributed by atoms with van der Waals surface area (Å²) >= 11 is 4.51. The lowest BCUT2D eigenvalue weighted by Crippen LogP contribution is -2.30. The van der Waals surface area contributed by atoms with E-state index in [1.54, 1.807) is 0 Å². The Balaban J connectivity index is 1.89. The maximum atomic E-state index is 11.8. The molecule has 1 aromatic heterocycles. The van der Waals surface area contributed by atoms with E-state index in [0.717, 1.165) is 24.2 Å². The van der Waals surface area contributed by atoms with Crippen molar-refractivity contribution in [3.05, 3.63) is 27.1 Å². The standard InChI is InChI=1S/C11H13BrN2O3S/c12-8-3-1-2-7(8)6-13-11(15)9-4-5-10(18-9)14(16)17/h4-5,7-8H,1-3,6H2,(H,13,15). The molecule has 5 nitrogen and oxygen atoms in total. The molecule has 2 rings (SSSR count). The van der Waals surface area contributed by atoms with Crippen molar-refractivity contribution in [2.75, 3.05) is 6.54 Å². The lowest BCUT2D eigenvalue weighted by Gasteiger charge is -2.13. The van der Waals surface area contributed by atoms with Crippen LogP contribution in [0.1, 0.15) is 28.9 Å². The average Bonchev–Trinajstić information content (AvgIpc) is 2.94. The zero-order valence-electron chi connectivity index (χ0n) is 9.60. The number of halogens is 1. The van der Waals surface area contributed by atoms with Gasteiger partial charge in [0.05, 0.1) is 9.80 Å². The van der Waals surface area contributed by atoms with Gasteiger partial charge in [-0.05, 0) is 24.8 Å². The van der Waals surface area contributed by atoms with Gasteiger partial charge in [-0.2, -0.15) is 0 Å². The van der Waals surface area contributed by atoms with Gasteiger partial charge in [0.25, 0.3) is 5.91 Å². The van der Waals surface area contributed by atoms with Gasteiger partial charge in [0, 0.05) is 17.4 Å². The Kier molecular flexibility index (Phi) is 4.34. The fourth-order valence-corrected chi connectivity index (χ4v) is 3.59. The predicted molar refractivity (Wildman–Crippen MR) is 73.4 cm³/mol. The first kappa shape index (κ1) is 13.5. The van der Waals surface area contributed by atoms with Gasteiger partial charge in [0.1, 0.15) is 0 Å². The molecule has 1 heterocycles. The molecular weight excluding hydrogens is 320 g/mol. The molecule has 1 aliphatic carbocycles. The lowest BCUT2D eigenvalue weighted by molar-refractivity contribution is -0.380. The minimum absolute atomic E-state index is 0.000570. The molecule has 98 valence electrons. The van der Waals surface area contributed by atoms with E-state index in [9.17, 15) is 14.9 Å². The van der Waals surface area contributed by atoms with Crippen LogP contribution in [0.15, 0.2) is 12.1 Å². The Hall–Kier alpha value is -0.950. The van der Waals surface area contributed by atoms with Gasteiger partial charge < -0.3 is 5.32 Å². The summed E-state index contributed by atoms with van der Waals surface area (Å²) in [4.78, 5) is 22.7. The molecule has 0 radical (unpaired) electrons. The molecule has 0 aromatic carbocycles. The van der Waals surface area contributed by atoms with Gasteiger partial charge in [-0.3, -0.25) is 14.9 Å². The van der Waals surface area contributed by atoms with Crippen LogP contribution in [0.5, 0.6) is 0 Å². The number of nitro groups is 1. The molecule has 0 spiro atoms. The van der Waals surface area contributed by atoms with Crippen LogP contribution in [0, 0.1) is 16.0 Å². The van der Waals surface area contributed by atoms with Crippen molar-refractivity contribution >= 4 is 38.2 Å². The third kappa shape index (κ3) is 3.08. The summed E-state index contributed by atoms with van der Waals surface area (Å²) in [5.74, 6) is 0.239. The fraction of sp³-hybridized carbons (Fsp3) is 0.545. The summed E-state index contributed by atoms with van der Waals surface area (Å²) in [5.41, 5.74) is 0. The van der Waals surface area contributed by atoms with Crippen LogP contribution < -0.4 is 5.32 Å². The zero-order chi connectivity index (χ0) is 13.1. The van der Waals surface area contributed by atoms with Crippen LogP contribution in [0.3, 0.4) is 0 Å². The summed E-state index contributed by atoms with van der Waals surface area (Å²) in [6.07, 6.45) is 3.44. The van der Waals surface area contributed by atoms with E-state index < -0.39 is 4.92 Å². The monoisotopic (exact) mass is 332 g/mol. The highest BCUT2D eigenvalue weighted by molar-refractivity contribution is 9.09. The van der Waals surface area contributed by atoms with Crippen molar-refractivity contribution in [2.24, 2.45) is 5.92 Å². The Morgan fingerprint density at radius 1 is 1.56 bits per heavy atom. The van der Waals surface area contributed by atoms with Crippen LogP contribution in [-0.2, 0) is 0 Å². The first-order valence-corrected chi connectivity index (χ1v) is 7.47. The van der Waals surface area contributed by atoms with Gasteiger partial charge in [-0.25, -0.2) is 0 Å². The number of nitrogens with zero attached hydrogens (tertiary/aromatic N) is 1. The highest BCUT2D eigenvalue weighted by atomic mass is 79.9. The van der Waals surface area contributed by atoms with Crippen LogP contribution in [0.2, 0.25) is 0 Å². The number of alkyl halides is 1. The molecule has 7 heteroatoms. The molecule has 1 aromatic rings. The van der Waals surface area contributed by atoms with E-state index in [4.69, 9.17) is 0 Å². The number of carbonyl (C=O) groups is 1. The molecule has 18 heavy (non-hydrogen) atoms. The van der Waals surface area contributed by atoms with E-state index in [1.165, 1.54) is 18.6 Å². The summed E-state index contributed by atoms with van der Waals surface area (Å²) in [5, 5.41) is 13.4. The second kappa shape index (κ2) is 5.79. The molecule has 1 N–H and O–H groups in total. The summed E-state index contributed by atoms with van der Waals surface area (Å²) in [6, 6.07) is 2.86. The highest BCUT2D eigenvalue weighted by Gasteiger charge is 2.25. The van der Waals surface area contributed by atoms with Crippen molar-refractivity contribution in [2.45, 2.75) is 24.1 Å². The van der Waals surface area contributed by atoms with Crippen LogP contribution >= 0.6 is 27.3 Å². The number of hydrogen-bond donors (Lipinski definition) is 1. The second-order valence-electron chi connectivity index (χ2n) is 4.31. The SMILES string of the molecule is O=C(NCC1CCCC1Br)c1ccc([N+](=O)[O-])s1. The Labute approximate surface area is 117 Å². The normalized spacial score (nSPS) is 22.9. The molecule has 2 atom stereocenters. The second-order valence-corrected chi connectivity index (χ2v) is 6.55. The molecule has 1 fully saturated rings. The number of carbonyl (C=O) groups excluding carboxylic acids is 1. The third-order valence-corrected chi connectivity index (χ3v) is 5.33. The van der Waals surface area contributed by atoms with Crippen LogP contribution in [0.4, 0.5) is 5.00 Å². The molecule has 1 amide bonds. The predicted octanol–water partition coefficient (Wildman–Crippen LogP) is 2.95. The Morgan fingerprint density at radius 3 is 2.89 bits per heavy atom. The first-order chi connectivity index (χ1) is 8.58. The maximum absolute atomic E-state index is 11.8. The van der Waals surface area contributed by atoms with Gasteiger partial charge in [0.15, 0.2) is 0 Å². The van der Waals surface area contributed by atoms with E-state index in [-0.39, 0.29) is 10.9 Å². The lowest BCUT2D eigenvalue weighted by atomic mass is 10.1. The summed E-state index contributed by atoms with van der Waals surface area (Å²) < 4.78 is 0. The van der Waals surface area contributed by atoms with Gasteiger partial charge in [-0.1, -0.05) is 33.7 Å². The van der Waals surface area contributed by atoms with E-state index in [0.29, 0.717) is 22.2 Å². The number of thiophene rings is 1. The number of nitrogens with one attached hydrogen (secondary N) is 1. The number of amides is 1. The molecule has 0 bridgehead atoms. The van der Waals surface area contributed by atoms with Crippen LogP contribution in [-0.4, -0.2) is 22.2 Å². The smallest absolute Gasteiger partial charge is 0.324 e. The van der Waals surface area contributed by atoms with Gasteiger partial charge >= 0.3 is 5.00 Å². The van der Waals surface area contributed by atoms with Crippen molar-refractivity contribution < 1.29 is 9.72 Å². The molecule has 2 unspecified atom stereocenters. The van der Waals surface area contributed by atoms with Crippen LogP contribution in [0.25, 0.3) is 0 Å². The summed E-state index contributed by atoms with van der Waals surface area (Å²) in [6.45, 7) is 0.625. The third-order valence-electron chi connectivity index (χ3n) is 3.09. The van der Waals surface area contributed by atoms with Crippen molar-refractivity contribution in [1.29, 1.82) is 0 Å². The minimum atomic E-state index is -0.479. The molecule has 1 aliphatic rings. The van der Waals surface area contributed by atoms with Crippen molar-refractivity contribution in [3.63, 3.8) is 0 Å². The van der Waals surface area contributed by atoms with Gasteiger partial charge in [0.2, 0.25) is 0 Å². The Bertz CT molecular complexity index is 463. The van der Waals surface area contributed by atoms with Crippen molar-refractivity contribution in [1.82, 2.24) is 5.32 Å². The Morgan fingerprint density at radius 2 is 2.33 bits per heavy atom. The molecule has 0 saturated heterocycles. The largest absolute Gasteiger partial charge is 0.351 e. The van der Waals surface area contributed by atoms with E-state index in [2.05, 4.69) is 21.2 Å². The highest BCUT2D eigenvalue weighted by Crippen LogP contribution is 2.31. The fourth-order valence-electron chi connectivity index (χ4n) is 2.08. The summed E-state index contributed by atoms with van der Waals surface area (Å²) in [7, 11) is 0. The van der Waals surface area contributed by atoms with Crippen molar-refractivity contribution in [3.8, 4) is 0 Å².